The third-order valence-electron chi connectivity index (χ3n) is 3.77. The number of allylic oxidation sites excluding steroid dienone is 4. The van der Waals surface area contributed by atoms with Crippen molar-refractivity contribution in [2.75, 3.05) is 21.3 Å². The van der Waals surface area contributed by atoms with E-state index in [0.29, 0.717) is 30.4 Å². The average Bonchev–Trinajstić information content (AvgIpc) is 2.55. The number of carbonyl (C=O) groups excluding carboxylic acids is 3. The van der Waals surface area contributed by atoms with E-state index >= 15 is 0 Å². The maximum atomic E-state index is 12.4. The summed E-state index contributed by atoms with van der Waals surface area (Å²) in [6.07, 6.45) is 3.17. The number of methoxy groups -OCH3 is 2. The highest BCUT2D eigenvalue weighted by Gasteiger charge is 2.33. The Morgan fingerprint density at radius 1 is 1.09 bits per heavy atom. The maximum Gasteiger partial charge on any atom is 0.228 e. The molecule has 0 aromatic heterocycles. The highest BCUT2D eigenvalue weighted by atomic mass is 16.5. The molecule has 1 aliphatic carbocycles. The number of hydrogen-bond donors (Lipinski definition) is 1. The Morgan fingerprint density at radius 3 is 2.17 bits per heavy atom. The van der Waals surface area contributed by atoms with E-state index < -0.39 is 0 Å². The predicted molar refractivity (Wildman–Crippen MR) is 85.4 cm³/mol. The summed E-state index contributed by atoms with van der Waals surface area (Å²) in [6, 6.07) is 0. The van der Waals surface area contributed by atoms with Crippen molar-refractivity contribution < 1.29 is 23.9 Å². The molecule has 0 radical (unpaired) electrons. The maximum absolute atomic E-state index is 12.4. The number of carbonyl (C=O) groups is 3. The number of Topliss-reactive ketones (excluding diaryl/α,β-unsaturated/α-hetero) is 2. The Hall–Kier alpha value is -2.37. The Morgan fingerprint density at radius 2 is 1.65 bits per heavy atom. The first-order valence-electron chi connectivity index (χ1n) is 7.34. The van der Waals surface area contributed by atoms with Crippen LogP contribution in [0, 0.1) is 0 Å². The van der Waals surface area contributed by atoms with Crippen molar-refractivity contribution in [2.45, 2.75) is 33.1 Å². The summed E-state index contributed by atoms with van der Waals surface area (Å²) < 4.78 is 10.0. The Labute approximate surface area is 136 Å². The number of ether oxygens (including phenoxy) is 2. The van der Waals surface area contributed by atoms with E-state index in [4.69, 9.17) is 9.47 Å². The van der Waals surface area contributed by atoms with Crippen LogP contribution >= 0.6 is 0 Å². The molecule has 126 valence electrons. The van der Waals surface area contributed by atoms with Crippen LogP contribution in [-0.2, 0) is 23.9 Å². The molecule has 0 spiro atoms. The molecule has 6 heteroatoms. The van der Waals surface area contributed by atoms with Crippen molar-refractivity contribution in [3.63, 3.8) is 0 Å². The fourth-order valence-corrected chi connectivity index (χ4v) is 2.25. The molecule has 0 fully saturated rings. The average molecular weight is 321 g/mol. The van der Waals surface area contributed by atoms with Gasteiger partial charge in [0.25, 0.3) is 0 Å². The van der Waals surface area contributed by atoms with Crippen LogP contribution < -0.4 is 5.32 Å². The van der Waals surface area contributed by atoms with Gasteiger partial charge in [-0.15, -0.1) is 0 Å². The standard InChI is InChI=1S/C17H23NO5/c1-10(7-9-13(19)18-3)6-8-12-11(2)14(20)16(22-4)17(23-5)15(12)21/h6H,7-9H2,1-5H3,(H,18,19)/b10-6+. The monoisotopic (exact) mass is 321 g/mol. The second-order valence-corrected chi connectivity index (χ2v) is 5.26. The smallest absolute Gasteiger partial charge is 0.228 e. The minimum absolute atomic E-state index is 0.0357. The van der Waals surface area contributed by atoms with E-state index in [-0.39, 0.29) is 29.0 Å². The zero-order valence-electron chi connectivity index (χ0n) is 14.2. The molecule has 0 unspecified atom stereocenters. The topological polar surface area (TPSA) is 81.7 Å². The quantitative estimate of drug-likeness (QED) is 0.571. The summed E-state index contributed by atoms with van der Waals surface area (Å²) in [5.41, 5.74) is 1.74. The summed E-state index contributed by atoms with van der Waals surface area (Å²) in [5, 5.41) is 2.56. The molecule has 0 saturated heterocycles. The molecule has 0 atom stereocenters. The third kappa shape index (κ3) is 4.31. The SMILES string of the molecule is CNC(=O)CC/C(C)=C/CC1=C(C)C(=O)C(OC)=C(OC)C1=O. The summed E-state index contributed by atoms with van der Waals surface area (Å²) in [5.74, 6) is -0.827. The second-order valence-electron chi connectivity index (χ2n) is 5.26. The molecule has 1 aliphatic rings. The molecule has 1 N–H and O–H groups in total. The molecule has 0 aromatic carbocycles. The van der Waals surface area contributed by atoms with E-state index in [2.05, 4.69) is 5.32 Å². The van der Waals surface area contributed by atoms with Gasteiger partial charge in [-0.3, -0.25) is 14.4 Å². The van der Waals surface area contributed by atoms with Gasteiger partial charge in [0.05, 0.1) is 14.2 Å². The van der Waals surface area contributed by atoms with Crippen LogP contribution in [0.3, 0.4) is 0 Å². The molecule has 1 rings (SSSR count). The van der Waals surface area contributed by atoms with Gasteiger partial charge in [-0.1, -0.05) is 11.6 Å². The lowest BCUT2D eigenvalue weighted by Gasteiger charge is -2.19. The fraction of sp³-hybridized carbons (Fsp3) is 0.471. The lowest BCUT2D eigenvalue weighted by molar-refractivity contribution is -0.121. The van der Waals surface area contributed by atoms with Gasteiger partial charge >= 0.3 is 0 Å². The summed E-state index contributed by atoms with van der Waals surface area (Å²) >= 11 is 0. The molecule has 23 heavy (non-hydrogen) atoms. The summed E-state index contributed by atoms with van der Waals surface area (Å²) in [7, 11) is 4.26. The first-order valence-corrected chi connectivity index (χ1v) is 7.34. The molecule has 0 bridgehead atoms. The van der Waals surface area contributed by atoms with Gasteiger partial charge in [-0.05, 0) is 26.7 Å². The van der Waals surface area contributed by atoms with Crippen LogP contribution in [0.4, 0.5) is 0 Å². The molecular weight excluding hydrogens is 298 g/mol. The zero-order chi connectivity index (χ0) is 17.6. The Kier molecular flexibility index (Phi) is 6.75. The van der Waals surface area contributed by atoms with Gasteiger partial charge in [-0.2, -0.15) is 0 Å². The highest BCUT2D eigenvalue weighted by molar-refractivity contribution is 6.23. The van der Waals surface area contributed by atoms with Gasteiger partial charge in [0.15, 0.2) is 0 Å². The molecule has 1 amide bonds. The minimum Gasteiger partial charge on any atom is -0.489 e. The van der Waals surface area contributed by atoms with Gasteiger partial charge in [-0.25, -0.2) is 0 Å². The van der Waals surface area contributed by atoms with Crippen LogP contribution in [0.25, 0.3) is 0 Å². The van der Waals surface area contributed by atoms with Crippen molar-refractivity contribution in [2.24, 2.45) is 0 Å². The molecular formula is C17H23NO5. The molecule has 0 aromatic rings. The first kappa shape index (κ1) is 18.7. The van der Waals surface area contributed by atoms with Gasteiger partial charge in [0.1, 0.15) is 0 Å². The van der Waals surface area contributed by atoms with Crippen LogP contribution in [0.5, 0.6) is 0 Å². The van der Waals surface area contributed by atoms with E-state index in [0.717, 1.165) is 5.57 Å². The van der Waals surface area contributed by atoms with Crippen molar-refractivity contribution in [3.8, 4) is 0 Å². The van der Waals surface area contributed by atoms with E-state index in [1.165, 1.54) is 14.2 Å². The minimum atomic E-state index is -0.338. The van der Waals surface area contributed by atoms with E-state index in [9.17, 15) is 14.4 Å². The van der Waals surface area contributed by atoms with Crippen molar-refractivity contribution in [1.29, 1.82) is 0 Å². The van der Waals surface area contributed by atoms with Gasteiger partial charge in [0, 0.05) is 24.6 Å². The fourth-order valence-electron chi connectivity index (χ4n) is 2.25. The molecule has 0 saturated carbocycles. The van der Waals surface area contributed by atoms with Crippen molar-refractivity contribution in [1.82, 2.24) is 5.32 Å². The lowest BCUT2D eigenvalue weighted by atomic mass is 9.90. The number of nitrogens with one attached hydrogen (secondary N) is 1. The predicted octanol–water partition coefficient (Wildman–Crippen LogP) is 1.82. The van der Waals surface area contributed by atoms with Crippen LogP contribution in [-0.4, -0.2) is 38.7 Å². The van der Waals surface area contributed by atoms with Crippen molar-refractivity contribution >= 4 is 17.5 Å². The third-order valence-corrected chi connectivity index (χ3v) is 3.77. The number of hydrogen-bond acceptors (Lipinski definition) is 5. The molecule has 6 nitrogen and oxygen atoms in total. The largest absolute Gasteiger partial charge is 0.489 e. The zero-order valence-corrected chi connectivity index (χ0v) is 14.2. The van der Waals surface area contributed by atoms with E-state index in [1.54, 1.807) is 14.0 Å². The highest BCUT2D eigenvalue weighted by Crippen LogP contribution is 2.28. The van der Waals surface area contributed by atoms with Crippen LogP contribution in [0.2, 0.25) is 0 Å². The Bertz CT molecular complexity index is 610. The normalized spacial score (nSPS) is 16.0. The summed E-state index contributed by atoms with van der Waals surface area (Å²) in [4.78, 5) is 35.9. The van der Waals surface area contributed by atoms with Gasteiger partial charge in [0.2, 0.25) is 29.0 Å². The molecule has 0 aliphatic heterocycles. The van der Waals surface area contributed by atoms with E-state index in [1.807, 2.05) is 13.0 Å². The summed E-state index contributed by atoms with van der Waals surface area (Å²) in [6.45, 7) is 3.50. The van der Waals surface area contributed by atoms with Gasteiger partial charge < -0.3 is 14.8 Å². The second kappa shape index (κ2) is 8.31. The van der Waals surface area contributed by atoms with Crippen molar-refractivity contribution in [3.05, 3.63) is 34.3 Å². The first-order chi connectivity index (χ1) is 10.9. The Balaban J connectivity index is 2.92. The number of rotatable bonds is 7. The molecule has 0 heterocycles. The number of ketones is 2. The van der Waals surface area contributed by atoms with Crippen LogP contribution in [0.15, 0.2) is 34.3 Å². The lowest BCUT2D eigenvalue weighted by Crippen LogP contribution is -2.24. The number of amides is 1. The van der Waals surface area contributed by atoms with Crippen LogP contribution in [0.1, 0.15) is 33.1 Å².